The third kappa shape index (κ3) is 2.61. The van der Waals surface area contributed by atoms with Crippen LogP contribution in [0.2, 0.25) is 0 Å². The van der Waals surface area contributed by atoms with Crippen LogP contribution in [-0.4, -0.2) is 5.78 Å². The fraction of sp³-hybridized carbons (Fsp3) is 0.353. The van der Waals surface area contributed by atoms with Gasteiger partial charge in [-0.1, -0.05) is 56.2 Å². The molecule has 0 spiro atoms. The van der Waals surface area contributed by atoms with Gasteiger partial charge in [-0.25, -0.2) is 0 Å². The Labute approximate surface area is 109 Å². The first-order chi connectivity index (χ1) is 8.74. The maximum absolute atomic E-state index is 11.7. The van der Waals surface area contributed by atoms with E-state index in [1.165, 1.54) is 29.2 Å². The third-order valence-electron chi connectivity index (χ3n) is 3.45. The fourth-order valence-electron chi connectivity index (χ4n) is 2.49. The van der Waals surface area contributed by atoms with Gasteiger partial charge < -0.3 is 0 Å². The lowest BCUT2D eigenvalue weighted by Crippen LogP contribution is -2.01. The molecular weight excluding hydrogens is 220 g/mol. The molecule has 0 N–H and O–H groups in total. The summed E-state index contributed by atoms with van der Waals surface area (Å²) in [4.78, 5) is 11.7. The topological polar surface area (TPSA) is 17.1 Å². The van der Waals surface area contributed by atoms with Crippen molar-refractivity contribution >= 4 is 16.6 Å². The number of unbranched alkanes of at least 4 members (excludes halogenated alkanes) is 2. The van der Waals surface area contributed by atoms with Gasteiger partial charge in [-0.3, -0.25) is 4.79 Å². The van der Waals surface area contributed by atoms with E-state index >= 15 is 0 Å². The Morgan fingerprint density at radius 2 is 1.83 bits per heavy atom. The first-order valence-corrected chi connectivity index (χ1v) is 6.75. The number of fused-ring (bicyclic) bond motifs is 1. The summed E-state index contributed by atoms with van der Waals surface area (Å²) < 4.78 is 0. The normalized spacial score (nSPS) is 10.8. The van der Waals surface area contributed by atoms with E-state index < -0.39 is 0 Å². The number of carbonyl (C=O) groups is 1. The molecule has 0 saturated heterocycles. The quantitative estimate of drug-likeness (QED) is 0.543. The molecule has 0 unspecified atom stereocenters. The van der Waals surface area contributed by atoms with Gasteiger partial charge in [-0.05, 0) is 36.1 Å². The summed E-state index contributed by atoms with van der Waals surface area (Å²) in [5.41, 5.74) is 2.12. The number of hydrogen-bond acceptors (Lipinski definition) is 1. The molecule has 0 heterocycles. The van der Waals surface area contributed by atoms with Crippen molar-refractivity contribution in [1.82, 2.24) is 0 Å². The van der Waals surface area contributed by atoms with Crippen molar-refractivity contribution in [2.45, 2.75) is 39.5 Å². The minimum absolute atomic E-state index is 0.173. The van der Waals surface area contributed by atoms with Crippen molar-refractivity contribution in [3.8, 4) is 0 Å². The second kappa shape index (κ2) is 5.81. The molecule has 0 saturated carbocycles. The van der Waals surface area contributed by atoms with Crippen molar-refractivity contribution in [2.24, 2.45) is 0 Å². The Balaban J connectivity index is 2.48. The summed E-state index contributed by atoms with van der Waals surface area (Å²) in [6, 6.07) is 12.4. The summed E-state index contributed by atoms with van der Waals surface area (Å²) in [7, 11) is 0. The Bertz CT molecular complexity index is 555. The number of rotatable bonds is 5. The molecule has 1 nitrogen and oxygen atoms in total. The largest absolute Gasteiger partial charge is 0.295 e. The molecule has 0 amide bonds. The lowest BCUT2D eigenvalue weighted by atomic mass is 9.93. The maximum Gasteiger partial charge on any atom is 0.160 e. The van der Waals surface area contributed by atoms with Crippen LogP contribution in [0.1, 0.15) is 49.0 Å². The highest BCUT2D eigenvalue weighted by Gasteiger charge is 2.10. The molecule has 0 aromatic heterocycles. The van der Waals surface area contributed by atoms with Gasteiger partial charge in [-0.2, -0.15) is 0 Å². The third-order valence-corrected chi connectivity index (χ3v) is 3.45. The van der Waals surface area contributed by atoms with E-state index in [-0.39, 0.29) is 5.78 Å². The van der Waals surface area contributed by atoms with Crippen LogP contribution in [0.3, 0.4) is 0 Å². The van der Waals surface area contributed by atoms with Crippen LogP contribution in [0, 0.1) is 0 Å². The van der Waals surface area contributed by atoms with Gasteiger partial charge in [-0.15, -0.1) is 0 Å². The van der Waals surface area contributed by atoms with E-state index in [1.54, 1.807) is 6.92 Å². The second-order valence-corrected chi connectivity index (χ2v) is 4.83. The molecule has 94 valence electrons. The van der Waals surface area contributed by atoms with Gasteiger partial charge in [0.05, 0.1) is 0 Å². The average molecular weight is 240 g/mol. The van der Waals surface area contributed by atoms with Crippen LogP contribution in [0.5, 0.6) is 0 Å². The summed E-state index contributed by atoms with van der Waals surface area (Å²) in [5, 5.41) is 2.47. The molecule has 18 heavy (non-hydrogen) atoms. The first kappa shape index (κ1) is 12.8. The summed E-state index contributed by atoms with van der Waals surface area (Å²) in [5.74, 6) is 0.173. The Hall–Kier alpha value is -1.63. The van der Waals surface area contributed by atoms with Crippen LogP contribution in [-0.2, 0) is 6.42 Å². The lowest BCUT2D eigenvalue weighted by Gasteiger charge is -2.11. The maximum atomic E-state index is 11.7. The molecule has 0 radical (unpaired) electrons. The van der Waals surface area contributed by atoms with Gasteiger partial charge >= 0.3 is 0 Å². The number of hydrogen-bond donors (Lipinski definition) is 0. The molecule has 2 aromatic carbocycles. The van der Waals surface area contributed by atoms with Gasteiger partial charge in [0.2, 0.25) is 0 Å². The highest BCUT2D eigenvalue weighted by molar-refractivity contribution is 6.01. The Kier molecular flexibility index (Phi) is 4.14. The molecule has 0 aliphatic carbocycles. The zero-order chi connectivity index (χ0) is 13.0. The molecule has 2 rings (SSSR count). The molecule has 0 aliphatic rings. The minimum Gasteiger partial charge on any atom is -0.295 e. The van der Waals surface area contributed by atoms with E-state index in [0.29, 0.717) is 0 Å². The standard InChI is InChI=1S/C17H20O/c1-3-4-5-10-17-15(13(2)18)12-11-14-8-6-7-9-16(14)17/h6-9,11-12H,3-5,10H2,1-2H3. The summed E-state index contributed by atoms with van der Waals surface area (Å²) in [6.45, 7) is 3.86. The van der Waals surface area contributed by atoms with Crippen molar-refractivity contribution in [3.63, 3.8) is 0 Å². The zero-order valence-corrected chi connectivity index (χ0v) is 11.2. The van der Waals surface area contributed by atoms with Crippen LogP contribution < -0.4 is 0 Å². The highest BCUT2D eigenvalue weighted by Crippen LogP contribution is 2.24. The van der Waals surface area contributed by atoms with E-state index in [4.69, 9.17) is 0 Å². The SMILES string of the molecule is CCCCCc1c(C(C)=O)ccc2ccccc12. The predicted octanol–water partition coefficient (Wildman–Crippen LogP) is 4.78. The number of Topliss-reactive ketones (excluding diaryl/α,β-unsaturated/α-hetero) is 1. The average Bonchev–Trinajstić information content (AvgIpc) is 2.38. The van der Waals surface area contributed by atoms with E-state index in [1.807, 2.05) is 12.1 Å². The van der Waals surface area contributed by atoms with E-state index in [2.05, 4.69) is 31.2 Å². The highest BCUT2D eigenvalue weighted by atomic mass is 16.1. The fourth-order valence-corrected chi connectivity index (χ4v) is 2.49. The van der Waals surface area contributed by atoms with E-state index in [0.717, 1.165) is 18.4 Å². The molecule has 0 fully saturated rings. The van der Waals surface area contributed by atoms with Gasteiger partial charge in [0.25, 0.3) is 0 Å². The van der Waals surface area contributed by atoms with Crippen LogP contribution in [0.25, 0.3) is 10.8 Å². The van der Waals surface area contributed by atoms with Gasteiger partial charge in [0.1, 0.15) is 0 Å². The second-order valence-electron chi connectivity index (χ2n) is 4.83. The monoisotopic (exact) mass is 240 g/mol. The molecule has 1 heteroatoms. The smallest absolute Gasteiger partial charge is 0.160 e. The first-order valence-electron chi connectivity index (χ1n) is 6.75. The lowest BCUT2D eigenvalue weighted by molar-refractivity contribution is 0.101. The van der Waals surface area contributed by atoms with Gasteiger partial charge in [0, 0.05) is 5.56 Å². The van der Waals surface area contributed by atoms with E-state index in [9.17, 15) is 4.79 Å². The van der Waals surface area contributed by atoms with Crippen molar-refractivity contribution < 1.29 is 4.79 Å². The Morgan fingerprint density at radius 1 is 1.06 bits per heavy atom. The van der Waals surface area contributed by atoms with Crippen LogP contribution >= 0.6 is 0 Å². The van der Waals surface area contributed by atoms with Crippen molar-refractivity contribution in [3.05, 3.63) is 47.5 Å². The molecule has 2 aromatic rings. The van der Waals surface area contributed by atoms with Crippen LogP contribution in [0.15, 0.2) is 36.4 Å². The number of carbonyl (C=O) groups excluding carboxylic acids is 1. The Morgan fingerprint density at radius 3 is 2.56 bits per heavy atom. The number of benzene rings is 2. The summed E-state index contributed by atoms with van der Waals surface area (Å²) in [6.07, 6.45) is 4.59. The minimum atomic E-state index is 0.173. The number of ketones is 1. The predicted molar refractivity (Wildman–Crippen MR) is 77.2 cm³/mol. The van der Waals surface area contributed by atoms with Gasteiger partial charge in [0.15, 0.2) is 5.78 Å². The van der Waals surface area contributed by atoms with Crippen molar-refractivity contribution in [1.29, 1.82) is 0 Å². The molecular formula is C17H20O. The zero-order valence-electron chi connectivity index (χ0n) is 11.2. The molecule has 0 bridgehead atoms. The van der Waals surface area contributed by atoms with Crippen molar-refractivity contribution in [2.75, 3.05) is 0 Å². The summed E-state index contributed by atoms with van der Waals surface area (Å²) >= 11 is 0. The molecule has 0 aliphatic heterocycles. The number of aryl methyl sites for hydroxylation is 1. The molecule has 0 atom stereocenters. The van der Waals surface area contributed by atoms with Crippen LogP contribution in [0.4, 0.5) is 0 Å².